The number of likely N-dealkylation sites (tertiary alicyclic amines) is 1. The van der Waals surface area contributed by atoms with Crippen LogP contribution in [0.5, 0.6) is 0 Å². The molecule has 3 aliphatic carbocycles. The van der Waals surface area contributed by atoms with Gasteiger partial charge in [0.2, 0.25) is 0 Å². The Morgan fingerprint density at radius 2 is 1.76 bits per heavy atom. The molecule has 2 N–H and O–H groups in total. The largest absolute Gasteiger partial charge is 0.388 e. The van der Waals surface area contributed by atoms with Crippen molar-refractivity contribution < 1.29 is 4.79 Å². The third kappa shape index (κ3) is 2.27. The van der Waals surface area contributed by atoms with Gasteiger partial charge in [0.25, 0.3) is 0 Å². The normalized spacial score (nSPS) is 36.4. The summed E-state index contributed by atoms with van der Waals surface area (Å²) in [6.45, 7) is 5.89. The summed E-state index contributed by atoms with van der Waals surface area (Å²) in [4.78, 5) is 16.2. The Hall–Kier alpha value is -2.33. The Morgan fingerprint density at radius 1 is 1.07 bits per heavy atom. The van der Waals surface area contributed by atoms with Crippen LogP contribution in [0.3, 0.4) is 0 Å². The van der Waals surface area contributed by atoms with E-state index in [2.05, 4.69) is 71.8 Å². The molecule has 4 aliphatic rings. The second-order valence-electron chi connectivity index (χ2n) is 9.89. The number of nitrogens with zero attached hydrogens (tertiary/aromatic N) is 1. The van der Waals surface area contributed by atoms with Crippen LogP contribution in [0.25, 0.3) is 0 Å². The number of hydrogen-bond acceptors (Lipinski definition) is 4. The highest BCUT2D eigenvalue weighted by atomic mass is 16.1. The van der Waals surface area contributed by atoms with Crippen molar-refractivity contribution >= 4 is 22.8 Å². The summed E-state index contributed by atoms with van der Waals surface area (Å²) >= 11 is 0. The highest BCUT2D eigenvalue weighted by Crippen LogP contribution is 2.68. The molecule has 1 spiro atoms. The summed E-state index contributed by atoms with van der Waals surface area (Å²) in [5.41, 5.74) is 5.32. The average molecular weight is 388 g/mol. The molecule has 4 nitrogen and oxygen atoms in total. The van der Waals surface area contributed by atoms with E-state index >= 15 is 0 Å². The van der Waals surface area contributed by atoms with E-state index in [1.807, 2.05) is 7.05 Å². The second-order valence-corrected chi connectivity index (χ2v) is 9.89. The van der Waals surface area contributed by atoms with Crippen molar-refractivity contribution in [1.29, 1.82) is 0 Å². The molecular formula is C25H29N3O. The number of piperidine rings is 1. The van der Waals surface area contributed by atoms with Crippen LogP contribution in [0.1, 0.15) is 49.0 Å². The van der Waals surface area contributed by atoms with Crippen molar-refractivity contribution in [3.8, 4) is 0 Å². The zero-order valence-corrected chi connectivity index (χ0v) is 17.5. The van der Waals surface area contributed by atoms with Gasteiger partial charge in [-0.25, -0.2) is 0 Å². The Morgan fingerprint density at radius 3 is 2.45 bits per heavy atom. The minimum Gasteiger partial charge on any atom is -0.388 e. The number of rotatable bonds is 5. The van der Waals surface area contributed by atoms with Crippen LogP contribution in [0.15, 0.2) is 42.5 Å². The maximum Gasteiger partial charge on any atom is 0.185 e. The number of Topliss-reactive ketones (excluding diaryl/α,β-unsaturated/α-hetero) is 1. The third-order valence-electron chi connectivity index (χ3n) is 8.27. The smallest absolute Gasteiger partial charge is 0.185 e. The van der Waals surface area contributed by atoms with Gasteiger partial charge in [-0.1, -0.05) is 13.8 Å². The first-order chi connectivity index (χ1) is 14.0. The molecule has 2 aromatic carbocycles. The molecule has 150 valence electrons. The fourth-order valence-electron chi connectivity index (χ4n) is 6.33. The van der Waals surface area contributed by atoms with Gasteiger partial charge in [0.15, 0.2) is 5.78 Å². The molecule has 1 saturated heterocycles. The standard InChI is InChI=1S/C25H29N3O/c1-15-22-25(28(22)13-16-4-5-16)14-24(15,2)21-12-19(10-11-20(21)23(25)29)27-18-8-6-17(26-3)7-9-18/h6-12,15-16,22,26-27H,4-5,13-14H2,1-3H3. The summed E-state index contributed by atoms with van der Waals surface area (Å²) in [6.07, 6.45) is 3.69. The van der Waals surface area contributed by atoms with Crippen molar-refractivity contribution in [3.63, 3.8) is 0 Å². The molecule has 0 amide bonds. The summed E-state index contributed by atoms with van der Waals surface area (Å²) in [5.74, 6) is 1.73. The van der Waals surface area contributed by atoms with Gasteiger partial charge in [-0.3, -0.25) is 9.69 Å². The van der Waals surface area contributed by atoms with E-state index in [9.17, 15) is 4.79 Å². The minimum atomic E-state index is -0.193. The van der Waals surface area contributed by atoms with E-state index < -0.39 is 0 Å². The van der Waals surface area contributed by atoms with Gasteiger partial charge in [-0.05, 0) is 84.5 Å². The first kappa shape index (κ1) is 17.5. The molecule has 3 fully saturated rings. The minimum absolute atomic E-state index is 0.0850. The molecule has 2 saturated carbocycles. The molecule has 4 heteroatoms. The quantitative estimate of drug-likeness (QED) is 0.724. The van der Waals surface area contributed by atoms with Gasteiger partial charge in [0.05, 0.1) is 0 Å². The number of carbonyl (C=O) groups excluding carboxylic acids is 1. The first-order valence-corrected chi connectivity index (χ1v) is 11.0. The molecule has 1 aliphatic heterocycles. The van der Waals surface area contributed by atoms with E-state index in [1.165, 1.54) is 18.4 Å². The summed E-state index contributed by atoms with van der Waals surface area (Å²) in [5, 5.41) is 6.67. The summed E-state index contributed by atoms with van der Waals surface area (Å²) in [6, 6.07) is 15.1. The maximum absolute atomic E-state index is 13.6. The molecule has 6 rings (SSSR count). The number of hydrogen-bond donors (Lipinski definition) is 2. The summed E-state index contributed by atoms with van der Waals surface area (Å²) < 4.78 is 0. The number of nitrogens with one attached hydrogen (secondary N) is 2. The van der Waals surface area contributed by atoms with Gasteiger partial charge in [-0.2, -0.15) is 0 Å². The lowest BCUT2D eigenvalue weighted by atomic mass is 9.67. The van der Waals surface area contributed by atoms with Crippen LogP contribution in [-0.4, -0.2) is 35.9 Å². The highest BCUT2D eigenvalue weighted by Gasteiger charge is 2.79. The van der Waals surface area contributed by atoms with Gasteiger partial charge in [0.1, 0.15) is 5.54 Å². The average Bonchev–Trinajstić information content (AvgIpc) is 3.63. The topological polar surface area (TPSA) is 44.1 Å². The molecule has 2 aromatic rings. The summed E-state index contributed by atoms with van der Waals surface area (Å²) in [7, 11) is 1.93. The van der Waals surface area contributed by atoms with Crippen LogP contribution in [0, 0.1) is 11.8 Å². The molecule has 0 aromatic heterocycles. The zero-order valence-electron chi connectivity index (χ0n) is 17.5. The Kier molecular flexibility index (Phi) is 3.40. The van der Waals surface area contributed by atoms with Crippen LogP contribution in [0.2, 0.25) is 0 Å². The fraction of sp³-hybridized carbons (Fsp3) is 0.480. The maximum atomic E-state index is 13.6. The third-order valence-corrected chi connectivity index (χ3v) is 8.27. The lowest BCUT2D eigenvalue weighted by molar-refractivity contribution is 0.0862. The fourth-order valence-corrected chi connectivity index (χ4v) is 6.33. The zero-order chi connectivity index (χ0) is 20.0. The van der Waals surface area contributed by atoms with Crippen LogP contribution >= 0.6 is 0 Å². The number of fused-ring (bicyclic) bond motifs is 3. The van der Waals surface area contributed by atoms with Crippen molar-refractivity contribution in [2.75, 3.05) is 24.2 Å². The van der Waals surface area contributed by atoms with E-state index in [-0.39, 0.29) is 11.0 Å². The van der Waals surface area contributed by atoms with Crippen molar-refractivity contribution in [1.82, 2.24) is 4.90 Å². The van der Waals surface area contributed by atoms with E-state index in [4.69, 9.17) is 0 Å². The van der Waals surface area contributed by atoms with Crippen LogP contribution < -0.4 is 10.6 Å². The number of anilines is 3. The van der Waals surface area contributed by atoms with E-state index in [1.54, 1.807) is 0 Å². The first-order valence-electron chi connectivity index (χ1n) is 11.0. The predicted molar refractivity (Wildman–Crippen MR) is 117 cm³/mol. The van der Waals surface area contributed by atoms with E-state index in [0.717, 1.165) is 41.5 Å². The molecular weight excluding hydrogens is 358 g/mol. The Bertz CT molecular complexity index is 1010. The molecule has 5 unspecified atom stereocenters. The Balaban J connectivity index is 1.34. The monoisotopic (exact) mass is 387 g/mol. The lowest BCUT2D eigenvalue weighted by Crippen LogP contribution is -2.43. The molecule has 0 radical (unpaired) electrons. The van der Waals surface area contributed by atoms with Gasteiger partial charge >= 0.3 is 0 Å². The molecule has 5 atom stereocenters. The van der Waals surface area contributed by atoms with Crippen molar-refractivity contribution in [3.05, 3.63) is 53.6 Å². The van der Waals surface area contributed by atoms with Crippen molar-refractivity contribution in [2.45, 2.75) is 50.1 Å². The molecule has 29 heavy (non-hydrogen) atoms. The molecule has 1 heterocycles. The lowest BCUT2D eigenvalue weighted by Gasteiger charge is -2.40. The number of ketones is 1. The molecule has 2 bridgehead atoms. The van der Waals surface area contributed by atoms with Gasteiger partial charge in [-0.15, -0.1) is 0 Å². The predicted octanol–water partition coefficient (Wildman–Crippen LogP) is 4.80. The van der Waals surface area contributed by atoms with Gasteiger partial charge < -0.3 is 10.6 Å². The Labute approximate surface area is 172 Å². The second kappa shape index (κ2) is 5.63. The number of carbonyl (C=O) groups is 1. The highest BCUT2D eigenvalue weighted by molar-refractivity contribution is 6.10. The van der Waals surface area contributed by atoms with Crippen LogP contribution in [-0.2, 0) is 5.41 Å². The number of benzene rings is 2. The van der Waals surface area contributed by atoms with Crippen LogP contribution in [0.4, 0.5) is 17.1 Å². The van der Waals surface area contributed by atoms with Gasteiger partial charge in [0, 0.05) is 42.3 Å². The SMILES string of the molecule is CNc1ccc(Nc2ccc3c(c2)C2(C)CC4(C3=O)C(C2C)N4CC2CC2)cc1. The van der Waals surface area contributed by atoms with E-state index in [0.29, 0.717) is 17.7 Å². The van der Waals surface area contributed by atoms with Crippen molar-refractivity contribution in [2.24, 2.45) is 11.8 Å².